The molecule has 4 rings (SSSR count). The van der Waals surface area contributed by atoms with E-state index in [9.17, 15) is 8.42 Å². The lowest BCUT2D eigenvalue weighted by atomic mass is 10.1. The molecule has 2 aromatic carbocycles. The molecular formula is C23H24Cl2N2O4S2. The van der Waals surface area contributed by atoms with E-state index in [0.717, 1.165) is 27.9 Å². The summed E-state index contributed by atoms with van der Waals surface area (Å²) >= 11 is 13.7. The molecule has 0 unspecified atom stereocenters. The summed E-state index contributed by atoms with van der Waals surface area (Å²) in [5.41, 5.74) is 2.00. The van der Waals surface area contributed by atoms with Gasteiger partial charge in [0.05, 0.1) is 35.1 Å². The molecule has 1 aromatic heterocycles. The van der Waals surface area contributed by atoms with Gasteiger partial charge in [0.1, 0.15) is 11.5 Å². The molecule has 1 fully saturated rings. The normalized spacial score (nSPS) is 15.0. The van der Waals surface area contributed by atoms with Crippen LogP contribution in [0.15, 0.2) is 46.7 Å². The molecule has 6 nitrogen and oxygen atoms in total. The molecule has 1 aliphatic rings. The van der Waals surface area contributed by atoms with E-state index in [1.54, 1.807) is 31.6 Å². The minimum absolute atomic E-state index is 0.111. The minimum atomic E-state index is -3.55. The maximum atomic E-state index is 13.1. The highest BCUT2D eigenvalue weighted by Crippen LogP contribution is 2.33. The number of anilines is 1. The number of piperidine rings is 1. The molecular weight excluding hydrogens is 503 g/mol. The zero-order chi connectivity index (χ0) is 23.6. The lowest BCUT2D eigenvalue weighted by molar-refractivity contribution is 0.393. The first-order valence-electron chi connectivity index (χ1n) is 10.4. The number of ether oxygens (including phenoxy) is 2. The second-order valence-electron chi connectivity index (χ2n) is 7.83. The molecule has 10 heteroatoms. The fourth-order valence-corrected chi connectivity index (χ4v) is 7.31. The number of thiazole rings is 1. The number of hydrogen-bond acceptors (Lipinski definition) is 7. The summed E-state index contributed by atoms with van der Waals surface area (Å²) in [7, 11) is -0.296. The summed E-state index contributed by atoms with van der Waals surface area (Å²) in [6, 6.07) is 10.3. The second kappa shape index (κ2) is 10.1. The molecule has 33 heavy (non-hydrogen) atoms. The average molecular weight is 527 g/mol. The predicted octanol–water partition coefficient (Wildman–Crippen LogP) is 5.50. The molecule has 0 atom stereocenters. The van der Waals surface area contributed by atoms with Crippen molar-refractivity contribution in [1.29, 1.82) is 0 Å². The largest absolute Gasteiger partial charge is 0.497 e. The number of methoxy groups -OCH3 is 2. The number of hydrogen-bond donors (Lipinski definition) is 0. The van der Waals surface area contributed by atoms with Gasteiger partial charge in [-0.15, -0.1) is 11.3 Å². The molecule has 176 valence electrons. The van der Waals surface area contributed by atoms with Crippen molar-refractivity contribution >= 4 is 49.5 Å². The average Bonchev–Trinajstić information content (AvgIpc) is 3.28. The Morgan fingerprint density at radius 1 is 1.06 bits per heavy atom. The molecule has 0 N–H and O–H groups in total. The molecule has 0 radical (unpaired) electrons. The molecule has 0 spiro atoms. The van der Waals surface area contributed by atoms with Gasteiger partial charge in [-0.3, -0.25) is 0 Å². The van der Waals surface area contributed by atoms with Gasteiger partial charge >= 0.3 is 0 Å². The lowest BCUT2D eigenvalue weighted by Gasteiger charge is -2.31. The molecule has 0 bridgehead atoms. The standard InChI is InChI=1S/C23H24Cl2N2O4S2/c1-30-18-10-15(11-19(13-18)31-2)9-17-14-32-23(26-17)27-7-5-20(6-8-27)33(28,29)22-12-16(24)3-4-21(22)25/h3-4,10-14,20H,5-9H2,1-2H3. The number of nitrogens with zero attached hydrogens (tertiary/aromatic N) is 2. The van der Waals surface area contributed by atoms with E-state index >= 15 is 0 Å². The van der Waals surface area contributed by atoms with Crippen molar-refractivity contribution in [1.82, 2.24) is 4.98 Å². The smallest absolute Gasteiger partial charge is 0.185 e. The van der Waals surface area contributed by atoms with Gasteiger partial charge in [-0.2, -0.15) is 0 Å². The van der Waals surface area contributed by atoms with Crippen LogP contribution in [0.4, 0.5) is 5.13 Å². The van der Waals surface area contributed by atoms with E-state index in [2.05, 4.69) is 4.90 Å². The first-order valence-corrected chi connectivity index (χ1v) is 13.6. The van der Waals surface area contributed by atoms with Crippen molar-refractivity contribution in [3.05, 3.63) is 63.1 Å². The summed E-state index contributed by atoms with van der Waals surface area (Å²) in [4.78, 5) is 7.04. The van der Waals surface area contributed by atoms with Gasteiger partial charge in [0.25, 0.3) is 0 Å². The SMILES string of the molecule is COc1cc(Cc2csc(N3CCC(S(=O)(=O)c4cc(Cl)ccc4Cl)CC3)n2)cc(OC)c1. The minimum Gasteiger partial charge on any atom is -0.497 e. The van der Waals surface area contributed by atoms with Crippen LogP contribution < -0.4 is 14.4 Å². The number of sulfone groups is 1. The van der Waals surface area contributed by atoms with Gasteiger partial charge < -0.3 is 14.4 Å². The van der Waals surface area contributed by atoms with E-state index in [0.29, 0.717) is 37.4 Å². The Kier molecular flexibility index (Phi) is 7.38. The van der Waals surface area contributed by atoms with Crippen LogP contribution in [0, 0.1) is 0 Å². The summed E-state index contributed by atoms with van der Waals surface area (Å²) < 4.78 is 36.9. The van der Waals surface area contributed by atoms with E-state index in [-0.39, 0.29) is 9.92 Å². The van der Waals surface area contributed by atoms with Gasteiger partial charge in [-0.1, -0.05) is 23.2 Å². The number of rotatable bonds is 7. The van der Waals surface area contributed by atoms with Gasteiger partial charge in [-0.05, 0) is 48.7 Å². The van der Waals surface area contributed by atoms with Crippen LogP contribution in [0.5, 0.6) is 11.5 Å². The topological polar surface area (TPSA) is 68.7 Å². The molecule has 0 amide bonds. The van der Waals surface area contributed by atoms with Crippen molar-refractivity contribution in [2.75, 3.05) is 32.2 Å². The third kappa shape index (κ3) is 5.40. The third-order valence-corrected chi connectivity index (χ3v) is 9.61. The highest BCUT2D eigenvalue weighted by molar-refractivity contribution is 7.92. The number of benzene rings is 2. The molecule has 1 aliphatic heterocycles. The maximum Gasteiger partial charge on any atom is 0.185 e. The maximum absolute atomic E-state index is 13.1. The van der Waals surface area contributed by atoms with E-state index < -0.39 is 15.1 Å². The number of halogens is 2. The zero-order valence-electron chi connectivity index (χ0n) is 18.3. The molecule has 0 saturated carbocycles. The van der Waals surface area contributed by atoms with Gasteiger partial charge in [-0.25, -0.2) is 13.4 Å². The highest BCUT2D eigenvalue weighted by Gasteiger charge is 2.33. The highest BCUT2D eigenvalue weighted by atomic mass is 35.5. The Labute approximate surface area is 208 Å². The predicted molar refractivity (Wildman–Crippen MR) is 133 cm³/mol. The van der Waals surface area contributed by atoms with Crippen molar-refractivity contribution in [3.63, 3.8) is 0 Å². The summed E-state index contributed by atoms with van der Waals surface area (Å²) in [6.45, 7) is 1.23. The summed E-state index contributed by atoms with van der Waals surface area (Å²) in [6.07, 6.45) is 1.67. The first-order chi connectivity index (χ1) is 15.8. The van der Waals surface area contributed by atoms with Crippen molar-refractivity contribution in [3.8, 4) is 11.5 Å². The van der Waals surface area contributed by atoms with E-state index in [4.69, 9.17) is 37.7 Å². The monoisotopic (exact) mass is 526 g/mol. The van der Waals surface area contributed by atoms with Crippen LogP contribution in [-0.4, -0.2) is 46.0 Å². The molecule has 1 saturated heterocycles. The molecule has 3 aromatic rings. The van der Waals surface area contributed by atoms with E-state index in [1.165, 1.54) is 12.1 Å². The van der Waals surface area contributed by atoms with Gasteiger partial charge in [0.2, 0.25) is 0 Å². The number of aromatic nitrogens is 1. The Hall–Kier alpha value is -2.00. The zero-order valence-corrected chi connectivity index (χ0v) is 21.4. The van der Waals surface area contributed by atoms with Crippen LogP contribution in [0.1, 0.15) is 24.1 Å². The van der Waals surface area contributed by atoms with Crippen molar-refractivity contribution < 1.29 is 17.9 Å². The third-order valence-electron chi connectivity index (χ3n) is 5.69. The fourth-order valence-electron chi connectivity index (χ4n) is 3.93. The van der Waals surface area contributed by atoms with Crippen LogP contribution >= 0.6 is 34.5 Å². The molecule has 2 heterocycles. The van der Waals surface area contributed by atoms with Crippen LogP contribution in [0.2, 0.25) is 10.0 Å². The lowest BCUT2D eigenvalue weighted by Crippen LogP contribution is -2.39. The van der Waals surface area contributed by atoms with Crippen molar-refractivity contribution in [2.45, 2.75) is 29.4 Å². The van der Waals surface area contributed by atoms with Crippen LogP contribution in [0.25, 0.3) is 0 Å². The van der Waals surface area contributed by atoms with Gasteiger partial charge in [0, 0.05) is 36.0 Å². The second-order valence-corrected chi connectivity index (χ2v) is 11.7. The Balaban J connectivity index is 1.43. The van der Waals surface area contributed by atoms with Crippen LogP contribution in [0.3, 0.4) is 0 Å². The quantitative estimate of drug-likeness (QED) is 0.404. The van der Waals surface area contributed by atoms with Crippen molar-refractivity contribution in [2.24, 2.45) is 0 Å². The van der Waals surface area contributed by atoms with E-state index in [1.807, 2.05) is 23.6 Å². The summed E-state index contributed by atoms with van der Waals surface area (Å²) in [5, 5.41) is 3.01. The Morgan fingerprint density at radius 2 is 1.73 bits per heavy atom. The van der Waals surface area contributed by atoms with Crippen LogP contribution in [-0.2, 0) is 16.3 Å². The fraction of sp³-hybridized carbons (Fsp3) is 0.348. The summed E-state index contributed by atoms with van der Waals surface area (Å²) in [5.74, 6) is 1.48. The molecule has 0 aliphatic carbocycles. The Bertz CT molecular complexity index is 1220. The first kappa shape index (κ1) is 24.1. The van der Waals surface area contributed by atoms with Gasteiger partial charge in [0.15, 0.2) is 15.0 Å². The Morgan fingerprint density at radius 3 is 2.36 bits per heavy atom.